The van der Waals surface area contributed by atoms with Crippen molar-refractivity contribution < 1.29 is 14.3 Å². The van der Waals surface area contributed by atoms with Crippen molar-refractivity contribution in [3.05, 3.63) is 112 Å². The van der Waals surface area contributed by atoms with Crippen LogP contribution in [0.2, 0.25) is 0 Å². The van der Waals surface area contributed by atoms with E-state index < -0.39 is 11.7 Å². The molecule has 0 saturated heterocycles. The van der Waals surface area contributed by atoms with Crippen LogP contribution in [0.15, 0.2) is 88.1 Å². The van der Waals surface area contributed by atoms with E-state index in [1.54, 1.807) is 41.3 Å². The van der Waals surface area contributed by atoms with E-state index >= 15 is 0 Å². The molecule has 0 radical (unpaired) electrons. The van der Waals surface area contributed by atoms with Crippen LogP contribution in [-0.4, -0.2) is 15.9 Å². The largest absolute Gasteiger partial charge is 0.507 e. The van der Waals surface area contributed by atoms with E-state index in [-0.39, 0.29) is 17.2 Å². The molecule has 1 aliphatic rings. The van der Waals surface area contributed by atoms with Gasteiger partial charge in [0.15, 0.2) is 0 Å². The van der Waals surface area contributed by atoms with Crippen LogP contribution in [0, 0.1) is 0 Å². The molecule has 3 aromatic carbocycles. The van der Waals surface area contributed by atoms with Gasteiger partial charge in [-0.25, -0.2) is 4.79 Å². The minimum Gasteiger partial charge on any atom is -0.507 e. The molecule has 5 rings (SSSR count). The van der Waals surface area contributed by atoms with Gasteiger partial charge in [-0.2, -0.15) is 0 Å². The van der Waals surface area contributed by atoms with Crippen molar-refractivity contribution in [1.29, 1.82) is 0 Å². The van der Waals surface area contributed by atoms with Crippen molar-refractivity contribution >= 4 is 16.9 Å². The SMILES string of the molecule is O=C1c2ccccc2C(c2c(O)c3ccccc3oc2=O)N1Cc1ccccc1. The Labute approximate surface area is 166 Å². The van der Waals surface area contributed by atoms with E-state index in [1.807, 2.05) is 42.5 Å². The average molecular weight is 383 g/mol. The van der Waals surface area contributed by atoms with Crippen molar-refractivity contribution in [2.45, 2.75) is 12.6 Å². The molecule has 29 heavy (non-hydrogen) atoms. The van der Waals surface area contributed by atoms with Gasteiger partial charge in [-0.05, 0) is 29.3 Å². The maximum Gasteiger partial charge on any atom is 0.345 e. The first kappa shape index (κ1) is 17.3. The molecule has 0 spiro atoms. The lowest BCUT2D eigenvalue weighted by atomic mass is 9.97. The summed E-state index contributed by atoms with van der Waals surface area (Å²) in [7, 11) is 0. The quantitative estimate of drug-likeness (QED) is 0.537. The monoisotopic (exact) mass is 383 g/mol. The van der Waals surface area contributed by atoms with Gasteiger partial charge < -0.3 is 14.4 Å². The van der Waals surface area contributed by atoms with Gasteiger partial charge in [-0.3, -0.25) is 4.79 Å². The van der Waals surface area contributed by atoms with E-state index in [9.17, 15) is 14.7 Å². The molecule has 0 bridgehead atoms. The summed E-state index contributed by atoms with van der Waals surface area (Å²) in [5.74, 6) is -0.328. The van der Waals surface area contributed by atoms with Crippen LogP contribution in [0.1, 0.15) is 33.1 Å². The molecule has 0 saturated carbocycles. The van der Waals surface area contributed by atoms with E-state index in [4.69, 9.17) is 4.42 Å². The average Bonchev–Trinajstić information content (AvgIpc) is 3.01. The molecule has 0 aliphatic carbocycles. The highest BCUT2D eigenvalue weighted by atomic mass is 16.4. The van der Waals surface area contributed by atoms with Crippen LogP contribution in [0.5, 0.6) is 5.75 Å². The summed E-state index contributed by atoms with van der Waals surface area (Å²) in [4.78, 5) is 27.7. The topological polar surface area (TPSA) is 70.7 Å². The first-order valence-corrected chi connectivity index (χ1v) is 9.33. The van der Waals surface area contributed by atoms with Gasteiger partial charge in [0.1, 0.15) is 16.9 Å². The highest BCUT2D eigenvalue weighted by Crippen LogP contribution is 2.42. The Bertz CT molecular complexity index is 1290. The number of rotatable bonds is 3. The standard InChI is InChI=1S/C24H17NO4/c26-22-18-12-6-7-13-19(18)29-24(28)20(22)21-16-10-4-5-11-17(16)23(27)25(21)14-15-8-2-1-3-9-15/h1-13,21,26H,14H2. The zero-order chi connectivity index (χ0) is 20.0. The van der Waals surface area contributed by atoms with Crippen molar-refractivity contribution in [3.8, 4) is 5.75 Å². The second kappa shape index (κ2) is 6.63. The third kappa shape index (κ3) is 2.70. The summed E-state index contributed by atoms with van der Waals surface area (Å²) < 4.78 is 5.48. The summed E-state index contributed by atoms with van der Waals surface area (Å²) in [6.07, 6.45) is 0. The number of amides is 1. The predicted octanol–water partition coefficient (Wildman–Crippen LogP) is 4.24. The number of hydrogen-bond donors (Lipinski definition) is 1. The number of nitrogens with zero attached hydrogens (tertiary/aromatic N) is 1. The van der Waals surface area contributed by atoms with Crippen molar-refractivity contribution in [2.24, 2.45) is 0 Å². The smallest absolute Gasteiger partial charge is 0.345 e. The number of hydrogen-bond acceptors (Lipinski definition) is 4. The molecule has 1 atom stereocenters. The summed E-state index contributed by atoms with van der Waals surface area (Å²) >= 11 is 0. The fourth-order valence-electron chi connectivity index (χ4n) is 4.01. The second-order valence-electron chi connectivity index (χ2n) is 7.06. The molecule has 142 valence electrons. The molecule has 1 unspecified atom stereocenters. The molecule has 2 heterocycles. The van der Waals surface area contributed by atoms with Crippen LogP contribution >= 0.6 is 0 Å². The predicted molar refractivity (Wildman–Crippen MR) is 109 cm³/mol. The zero-order valence-corrected chi connectivity index (χ0v) is 15.4. The van der Waals surface area contributed by atoms with E-state index in [2.05, 4.69) is 0 Å². The summed E-state index contributed by atoms with van der Waals surface area (Å²) in [5, 5.41) is 11.4. The fraction of sp³-hybridized carbons (Fsp3) is 0.0833. The molecule has 1 amide bonds. The van der Waals surface area contributed by atoms with Gasteiger partial charge in [0.2, 0.25) is 0 Å². The summed E-state index contributed by atoms with van der Waals surface area (Å²) in [6.45, 7) is 0.310. The van der Waals surface area contributed by atoms with Crippen LogP contribution in [-0.2, 0) is 6.54 Å². The Morgan fingerprint density at radius 1 is 0.862 bits per heavy atom. The molecule has 0 fully saturated rings. The number of para-hydroxylation sites is 1. The maximum absolute atomic E-state index is 13.2. The Hall–Kier alpha value is -3.86. The fourth-order valence-corrected chi connectivity index (χ4v) is 4.01. The number of carbonyl (C=O) groups excluding carboxylic acids is 1. The lowest BCUT2D eigenvalue weighted by Gasteiger charge is -2.26. The van der Waals surface area contributed by atoms with Crippen LogP contribution in [0.3, 0.4) is 0 Å². The zero-order valence-electron chi connectivity index (χ0n) is 15.4. The highest BCUT2D eigenvalue weighted by molar-refractivity contribution is 6.00. The lowest BCUT2D eigenvalue weighted by Crippen LogP contribution is -2.31. The number of carbonyl (C=O) groups is 1. The van der Waals surface area contributed by atoms with Crippen LogP contribution < -0.4 is 5.63 Å². The van der Waals surface area contributed by atoms with Crippen molar-refractivity contribution in [1.82, 2.24) is 4.90 Å². The number of fused-ring (bicyclic) bond motifs is 2. The highest BCUT2D eigenvalue weighted by Gasteiger charge is 2.41. The molecule has 1 N–H and O–H groups in total. The third-order valence-electron chi connectivity index (χ3n) is 5.35. The summed E-state index contributed by atoms with van der Waals surface area (Å²) in [5.41, 5.74) is 1.90. The molecule has 5 heteroatoms. The van der Waals surface area contributed by atoms with Gasteiger partial charge in [0.25, 0.3) is 5.91 Å². The first-order chi connectivity index (χ1) is 14.1. The Balaban J connectivity index is 1.73. The molecular weight excluding hydrogens is 366 g/mol. The molecule has 4 aromatic rings. The maximum atomic E-state index is 13.2. The Morgan fingerprint density at radius 3 is 2.38 bits per heavy atom. The first-order valence-electron chi connectivity index (χ1n) is 9.33. The van der Waals surface area contributed by atoms with Crippen molar-refractivity contribution in [2.75, 3.05) is 0 Å². The van der Waals surface area contributed by atoms with Gasteiger partial charge in [0, 0.05) is 12.1 Å². The molecule has 1 aliphatic heterocycles. The minimum atomic E-state index is -0.722. The molecule has 1 aromatic heterocycles. The lowest BCUT2D eigenvalue weighted by molar-refractivity contribution is 0.0733. The number of benzene rings is 3. The Kier molecular flexibility index (Phi) is 3.95. The van der Waals surface area contributed by atoms with E-state index in [0.717, 1.165) is 5.56 Å². The van der Waals surface area contributed by atoms with Gasteiger partial charge >= 0.3 is 5.63 Å². The van der Waals surface area contributed by atoms with Gasteiger partial charge in [0.05, 0.1) is 11.4 Å². The van der Waals surface area contributed by atoms with Crippen LogP contribution in [0.4, 0.5) is 0 Å². The Morgan fingerprint density at radius 2 is 1.55 bits per heavy atom. The van der Waals surface area contributed by atoms with Crippen molar-refractivity contribution in [3.63, 3.8) is 0 Å². The third-order valence-corrected chi connectivity index (χ3v) is 5.35. The summed E-state index contributed by atoms with van der Waals surface area (Å²) in [6, 6.07) is 22.9. The number of aromatic hydroxyl groups is 1. The molecular formula is C24H17NO4. The van der Waals surface area contributed by atoms with E-state index in [1.165, 1.54) is 0 Å². The minimum absolute atomic E-state index is 0.0814. The second-order valence-corrected chi connectivity index (χ2v) is 7.06. The normalized spacial score (nSPS) is 15.7. The molecule has 5 nitrogen and oxygen atoms in total. The van der Waals surface area contributed by atoms with Crippen LogP contribution in [0.25, 0.3) is 11.0 Å². The van der Waals surface area contributed by atoms with Gasteiger partial charge in [-0.15, -0.1) is 0 Å². The van der Waals surface area contributed by atoms with E-state index in [0.29, 0.717) is 28.6 Å². The van der Waals surface area contributed by atoms with Gasteiger partial charge in [-0.1, -0.05) is 60.7 Å².